The molecule has 13 heavy (non-hydrogen) atoms. The summed E-state index contributed by atoms with van der Waals surface area (Å²) in [6, 6.07) is 1.40. The number of nitrogens with two attached hydrogens (primary N) is 1. The van der Waals surface area contributed by atoms with Crippen LogP contribution in [0.5, 0.6) is 0 Å². The van der Waals surface area contributed by atoms with E-state index in [1.807, 2.05) is 13.0 Å². The van der Waals surface area contributed by atoms with Crippen LogP contribution in [0.1, 0.15) is 29.8 Å². The smallest absolute Gasteiger partial charge is 0.180 e. The minimum Gasteiger partial charge on any atom is -0.321 e. The van der Waals surface area contributed by atoms with E-state index in [0.717, 1.165) is 12.0 Å². The predicted molar refractivity (Wildman–Crippen MR) is 51.6 cm³/mol. The molecule has 0 bridgehead atoms. The van der Waals surface area contributed by atoms with E-state index in [-0.39, 0.29) is 5.78 Å². The molecule has 0 saturated carbocycles. The number of aryl methyl sites for hydroxylation is 1. The van der Waals surface area contributed by atoms with Crippen LogP contribution >= 0.6 is 0 Å². The summed E-state index contributed by atoms with van der Waals surface area (Å²) in [7, 11) is 0. The molecule has 1 aromatic heterocycles. The second kappa shape index (κ2) is 4.14. The van der Waals surface area contributed by atoms with Crippen molar-refractivity contribution in [2.75, 3.05) is 0 Å². The minimum atomic E-state index is -0.450. The molecule has 0 aliphatic carbocycles. The normalized spacial score (nSPS) is 12.5. The highest BCUT2D eigenvalue weighted by Gasteiger charge is 2.10. The summed E-state index contributed by atoms with van der Waals surface area (Å²) in [5, 5.41) is 0. The molecule has 3 nitrogen and oxygen atoms in total. The number of ketones is 1. The van der Waals surface area contributed by atoms with Crippen LogP contribution < -0.4 is 5.73 Å². The zero-order chi connectivity index (χ0) is 9.84. The topological polar surface area (TPSA) is 56.0 Å². The van der Waals surface area contributed by atoms with E-state index < -0.39 is 6.04 Å². The molecule has 1 heterocycles. The van der Waals surface area contributed by atoms with E-state index in [4.69, 9.17) is 5.73 Å². The van der Waals surface area contributed by atoms with Gasteiger partial charge in [0.2, 0.25) is 0 Å². The standard InChI is InChI=1S/C10H14N2O/c1-3-8-4-9(6-12-5-8)10(13)7(2)11/h4-7H,3,11H2,1-2H3. The van der Waals surface area contributed by atoms with E-state index >= 15 is 0 Å². The number of carbonyl (C=O) groups is 1. The van der Waals surface area contributed by atoms with Gasteiger partial charge in [-0.25, -0.2) is 0 Å². The Balaban J connectivity index is 2.95. The second-order valence-corrected chi connectivity index (χ2v) is 3.09. The third-order valence-corrected chi connectivity index (χ3v) is 1.90. The first-order valence-corrected chi connectivity index (χ1v) is 4.39. The summed E-state index contributed by atoms with van der Waals surface area (Å²) in [6.45, 7) is 3.71. The van der Waals surface area contributed by atoms with Crippen molar-refractivity contribution in [2.45, 2.75) is 26.3 Å². The van der Waals surface area contributed by atoms with Crippen molar-refractivity contribution in [2.24, 2.45) is 5.73 Å². The van der Waals surface area contributed by atoms with Gasteiger partial charge in [0.05, 0.1) is 6.04 Å². The third-order valence-electron chi connectivity index (χ3n) is 1.90. The van der Waals surface area contributed by atoms with Crippen molar-refractivity contribution < 1.29 is 4.79 Å². The van der Waals surface area contributed by atoms with Crippen LogP contribution in [0.3, 0.4) is 0 Å². The van der Waals surface area contributed by atoms with Gasteiger partial charge in [-0.3, -0.25) is 9.78 Å². The van der Waals surface area contributed by atoms with Crippen molar-refractivity contribution in [1.82, 2.24) is 4.98 Å². The highest BCUT2D eigenvalue weighted by molar-refractivity contribution is 5.99. The monoisotopic (exact) mass is 178 g/mol. The molecule has 0 radical (unpaired) electrons. The van der Waals surface area contributed by atoms with Crippen LogP contribution in [-0.4, -0.2) is 16.8 Å². The van der Waals surface area contributed by atoms with Gasteiger partial charge in [0.15, 0.2) is 5.78 Å². The van der Waals surface area contributed by atoms with Gasteiger partial charge in [-0.1, -0.05) is 6.92 Å². The van der Waals surface area contributed by atoms with Gasteiger partial charge in [0.1, 0.15) is 0 Å². The average Bonchev–Trinajstić information content (AvgIpc) is 2.16. The molecule has 70 valence electrons. The Bertz CT molecular complexity index is 308. The SMILES string of the molecule is CCc1cncc(C(=O)C(C)N)c1. The van der Waals surface area contributed by atoms with E-state index in [1.54, 1.807) is 19.3 Å². The minimum absolute atomic E-state index is 0.0530. The van der Waals surface area contributed by atoms with Gasteiger partial charge < -0.3 is 5.73 Å². The molecule has 1 atom stereocenters. The van der Waals surface area contributed by atoms with E-state index in [1.165, 1.54) is 0 Å². The molecule has 0 aliphatic heterocycles. The Morgan fingerprint density at radius 3 is 2.85 bits per heavy atom. The zero-order valence-corrected chi connectivity index (χ0v) is 7.95. The van der Waals surface area contributed by atoms with E-state index in [9.17, 15) is 4.79 Å². The van der Waals surface area contributed by atoms with Crippen molar-refractivity contribution in [3.63, 3.8) is 0 Å². The lowest BCUT2D eigenvalue weighted by Crippen LogP contribution is -2.26. The molecular formula is C10H14N2O. The maximum Gasteiger partial charge on any atom is 0.180 e. The van der Waals surface area contributed by atoms with Crippen molar-refractivity contribution in [3.05, 3.63) is 29.6 Å². The Labute approximate surface area is 78.0 Å². The van der Waals surface area contributed by atoms with Crippen LogP contribution in [-0.2, 0) is 6.42 Å². The van der Waals surface area contributed by atoms with Gasteiger partial charge in [-0.2, -0.15) is 0 Å². The van der Waals surface area contributed by atoms with Gasteiger partial charge in [-0.05, 0) is 25.0 Å². The predicted octanol–water partition coefficient (Wildman–Crippen LogP) is 1.17. The molecule has 0 saturated heterocycles. The largest absolute Gasteiger partial charge is 0.321 e. The lowest BCUT2D eigenvalue weighted by atomic mass is 10.1. The summed E-state index contributed by atoms with van der Waals surface area (Å²) >= 11 is 0. The van der Waals surface area contributed by atoms with Crippen LogP contribution in [0.15, 0.2) is 18.5 Å². The molecule has 2 N–H and O–H groups in total. The number of pyridine rings is 1. The first-order chi connectivity index (χ1) is 6.15. The average molecular weight is 178 g/mol. The van der Waals surface area contributed by atoms with Crippen LogP contribution in [0.2, 0.25) is 0 Å². The van der Waals surface area contributed by atoms with Gasteiger partial charge in [0, 0.05) is 18.0 Å². The molecule has 0 aliphatic rings. The molecule has 1 unspecified atom stereocenters. The fraction of sp³-hybridized carbons (Fsp3) is 0.400. The summed E-state index contributed by atoms with van der Waals surface area (Å²) in [4.78, 5) is 15.4. The highest BCUT2D eigenvalue weighted by atomic mass is 16.1. The Hall–Kier alpha value is -1.22. The van der Waals surface area contributed by atoms with E-state index in [2.05, 4.69) is 4.98 Å². The van der Waals surface area contributed by atoms with Gasteiger partial charge in [0.25, 0.3) is 0 Å². The fourth-order valence-corrected chi connectivity index (χ4v) is 1.08. The second-order valence-electron chi connectivity index (χ2n) is 3.09. The molecule has 0 fully saturated rings. The lowest BCUT2D eigenvalue weighted by Gasteiger charge is -2.04. The third kappa shape index (κ3) is 2.36. The van der Waals surface area contributed by atoms with Gasteiger partial charge in [-0.15, -0.1) is 0 Å². The first kappa shape index (κ1) is 9.86. The molecule has 0 spiro atoms. The zero-order valence-electron chi connectivity index (χ0n) is 7.95. The molecule has 0 aromatic carbocycles. The molecule has 3 heteroatoms. The maximum absolute atomic E-state index is 11.4. The Morgan fingerprint density at radius 2 is 2.31 bits per heavy atom. The molecule has 1 aromatic rings. The number of nitrogens with zero attached hydrogens (tertiary/aromatic N) is 1. The lowest BCUT2D eigenvalue weighted by molar-refractivity contribution is 0.0967. The van der Waals surface area contributed by atoms with Crippen LogP contribution in [0, 0.1) is 0 Å². The summed E-state index contributed by atoms with van der Waals surface area (Å²) < 4.78 is 0. The number of carbonyl (C=O) groups excluding carboxylic acids is 1. The number of aromatic nitrogens is 1. The Morgan fingerprint density at radius 1 is 1.62 bits per heavy atom. The number of hydrogen-bond donors (Lipinski definition) is 1. The van der Waals surface area contributed by atoms with E-state index in [0.29, 0.717) is 5.56 Å². The highest BCUT2D eigenvalue weighted by Crippen LogP contribution is 2.05. The van der Waals surface area contributed by atoms with Crippen LogP contribution in [0.4, 0.5) is 0 Å². The number of Topliss-reactive ketones (excluding diaryl/α,β-unsaturated/α-hetero) is 1. The van der Waals surface area contributed by atoms with Crippen molar-refractivity contribution in [1.29, 1.82) is 0 Å². The Kier molecular flexibility index (Phi) is 3.14. The maximum atomic E-state index is 11.4. The summed E-state index contributed by atoms with van der Waals surface area (Å²) in [5.41, 5.74) is 7.15. The van der Waals surface area contributed by atoms with Crippen LogP contribution in [0.25, 0.3) is 0 Å². The molecule has 0 amide bonds. The fourth-order valence-electron chi connectivity index (χ4n) is 1.08. The summed E-state index contributed by atoms with van der Waals surface area (Å²) in [5.74, 6) is -0.0530. The first-order valence-electron chi connectivity index (χ1n) is 4.39. The van der Waals surface area contributed by atoms with Gasteiger partial charge >= 0.3 is 0 Å². The van der Waals surface area contributed by atoms with Crippen molar-refractivity contribution >= 4 is 5.78 Å². The molecule has 1 rings (SSSR count). The van der Waals surface area contributed by atoms with Crippen molar-refractivity contribution in [3.8, 4) is 0 Å². The number of hydrogen-bond acceptors (Lipinski definition) is 3. The quantitative estimate of drug-likeness (QED) is 0.707. The summed E-state index contributed by atoms with van der Waals surface area (Å²) in [6.07, 6.45) is 4.20. The molecular weight excluding hydrogens is 164 g/mol. The number of rotatable bonds is 3.